The number of fused-ring (bicyclic) bond motifs is 1. The zero-order valence-corrected chi connectivity index (χ0v) is 12.6. The van der Waals surface area contributed by atoms with Gasteiger partial charge in [0.15, 0.2) is 0 Å². The molecular weight excluding hydrogens is 260 g/mol. The molecule has 1 fully saturated rings. The molecule has 0 bridgehead atoms. The van der Waals surface area contributed by atoms with E-state index >= 15 is 0 Å². The van der Waals surface area contributed by atoms with E-state index in [1.165, 1.54) is 36.6 Å². The second-order valence-corrected chi connectivity index (χ2v) is 6.07. The van der Waals surface area contributed by atoms with Gasteiger partial charge in [0.1, 0.15) is 0 Å². The molecule has 1 aromatic heterocycles. The summed E-state index contributed by atoms with van der Waals surface area (Å²) < 4.78 is 2.17. The molecule has 0 aliphatic heterocycles. The average molecular weight is 284 g/mol. The molecule has 0 saturated heterocycles. The predicted molar refractivity (Wildman–Crippen MR) is 86.2 cm³/mol. The van der Waals surface area contributed by atoms with Crippen molar-refractivity contribution < 1.29 is 4.79 Å². The van der Waals surface area contributed by atoms with E-state index in [9.17, 15) is 4.79 Å². The highest BCUT2D eigenvalue weighted by atomic mass is 16.1. The predicted octanol–water partition coefficient (Wildman–Crippen LogP) is 3.87. The van der Waals surface area contributed by atoms with Crippen molar-refractivity contribution in [3.8, 4) is 0 Å². The number of amides is 1. The van der Waals surface area contributed by atoms with Gasteiger partial charge in [-0.1, -0.05) is 43.9 Å². The number of hydrogen-bond acceptors (Lipinski definition) is 1. The van der Waals surface area contributed by atoms with Crippen LogP contribution in [-0.2, 0) is 11.3 Å². The second-order valence-electron chi connectivity index (χ2n) is 6.07. The Morgan fingerprint density at radius 2 is 1.86 bits per heavy atom. The number of nitrogens with zero attached hydrogens (tertiary/aromatic N) is 1. The molecule has 1 saturated carbocycles. The summed E-state index contributed by atoms with van der Waals surface area (Å²) in [7, 11) is 0. The van der Waals surface area contributed by atoms with Crippen molar-refractivity contribution in [1.29, 1.82) is 0 Å². The van der Waals surface area contributed by atoms with E-state index in [-0.39, 0.29) is 5.91 Å². The molecule has 1 heterocycles. The van der Waals surface area contributed by atoms with Crippen LogP contribution in [0.5, 0.6) is 0 Å². The van der Waals surface area contributed by atoms with Crippen molar-refractivity contribution >= 4 is 16.8 Å². The van der Waals surface area contributed by atoms with Crippen LogP contribution in [0.4, 0.5) is 0 Å². The van der Waals surface area contributed by atoms with Crippen LogP contribution in [-0.4, -0.2) is 16.5 Å². The third kappa shape index (κ3) is 3.66. The van der Waals surface area contributed by atoms with Gasteiger partial charge in [-0.3, -0.25) is 4.79 Å². The molecular formula is C18H24N2O. The summed E-state index contributed by atoms with van der Waals surface area (Å²) in [6, 6.07) is 10.8. The average Bonchev–Trinajstić information content (AvgIpc) is 2.74. The number of carbonyl (C=O) groups is 1. The molecule has 0 unspecified atom stereocenters. The minimum Gasteiger partial charge on any atom is -0.353 e. The Morgan fingerprint density at radius 3 is 2.67 bits per heavy atom. The molecule has 3 heteroatoms. The van der Waals surface area contributed by atoms with Crippen molar-refractivity contribution in [2.75, 3.05) is 0 Å². The lowest BCUT2D eigenvalue weighted by Gasteiger charge is -2.16. The summed E-state index contributed by atoms with van der Waals surface area (Å²) >= 11 is 0. The summed E-state index contributed by atoms with van der Waals surface area (Å²) in [6.07, 6.45) is 10.1. The lowest BCUT2D eigenvalue weighted by atomic mass is 10.1. The molecule has 1 aliphatic carbocycles. The summed E-state index contributed by atoms with van der Waals surface area (Å²) in [5.41, 5.74) is 1.21. The fraction of sp³-hybridized carbons (Fsp3) is 0.500. The number of aryl methyl sites for hydroxylation is 1. The summed E-state index contributed by atoms with van der Waals surface area (Å²) in [4.78, 5) is 12.1. The van der Waals surface area contributed by atoms with Crippen LogP contribution in [0.3, 0.4) is 0 Å². The maximum atomic E-state index is 12.1. The monoisotopic (exact) mass is 284 g/mol. The van der Waals surface area contributed by atoms with Crippen LogP contribution < -0.4 is 5.32 Å². The molecule has 1 amide bonds. The molecule has 2 aromatic rings. The summed E-state index contributed by atoms with van der Waals surface area (Å²) in [5, 5.41) is 4.45. The first-order valence-corrected chi connectivity index (χ1v) is 8.16. The SMILES string of the molecule is O=C(CCn1ccc2ccccc21)NC1CCCCCC1. The fourth-order valence-electron chi connectivity index (χ4n) is 3.28. The standard InChI is InChI=1S/C18H24N2O/c21-18(19-16-8-3-1-2-4-9-16)12-14-20-13-11-15-7-5-6-10-17(15)20/h5-7,10-11,13,16H,1-4,8-9,12,14H2,(H,19,21). The highest BCUT2D eigenvalue weighted by molar-refractivity contribution is 5.80. The van der Waals surface area contributed by atoms with Gasteiger partial charge in [0.25, 0.3) is 0 Å². The second kappa shape index (κ2) is 6.79. The molecule has 0 atom stereocenters. The van der Waals surface area contributed by atoms with E-state index in [2.05, 4.69) is 34.3 Å². The molecule has 1 N–H and O–H groups in total. The van der Waals surface area contributed by atoms with Crippen LogP contribution in [0.25, 0.3) is 10.9 Å². The van der Waals surface area contributed by atoms with Gasteiger partial charge in [-0.05, 0) is 30.4 Å². The van der Waals surface area contributed by atoms with E-state index in [4.69, 9.17) is 0 Å². The Kier molecular flexibility index (Phi) is 4.59. The largest absolute Gasteiger partial charge is 0.353 e. The van der Waals surface area contributed by atoms with Crippen molar-refractivity contribution in [2.45, 2.75) is 57.5 Å². The molecule has 1 aliphatic rings. The Labute approximate surface area is 126 Å². The fourth-order valence-corrected chi connectivity index (χ4v) is 3.28. The molecule has 21 heavy (non-hydrogen) atoms. The van der Waals surface area contributed by atoms with E-state index in [0.717, 1.165) is 19.4 Å². The van der Waals surface area contributed by atoms with E-state index in [0.29, 0.717) is 12.5 Å². The molecule has 0 radical (unpaired) electrons. The Bertz CT molecular complexity index is 594. The van der Waals surface area contributed by atoms with Gasteiger partial charge in [0.05, 0.1) is 0 Å². The number of hydrogen-bond donors (Lipinski definition) is 1. The van der Waals surface area contributed by atoms with E-state index in [1.807, 2.05) is 12.1 Å². The summed E-state index contributed by atoms with van der Waals surface area (Å²) in [6.45, 7) is 0.756. The number of para-hydroxylation sites is 1. The molecule has 112 valence electrons. The zero-order valence-electron chi connectivity index (χ0n) is 12.6. The van der Waals surface area contributed by atoms with Gasteiger partial charge < -0.3 is 9.88 Å². The minimum atomic E-state index is 0.194. The Hall–Kier alpha value is -1.77. The lowest BCUT2D eigenvalue weighted by Crippen LogP contribution is -2.34. The molecule has 1 aromatic carbocycles. The van der Waals surface area contributed by atoms with Crippen LogP contribution in [0.2, 0.25) is 0 Å². The van der Waals surface area contributed by atoms with Gasteiger partial charge in [0, 0.05) is 30.7 Å². The topological polar surface area (TPSA) is 34.0 Å². The van der Waals surface area contributed by atoms with Crippen molar-refractivity contribution in [3.05, 3.63) is 36.5 Å². The number of nitrogens with one attached hydrogen (secondary N) is 1. The number of benzene rings is 1. The third-order valence-corrected chi connectivity index (χ3v) is 4.48. The van der Waals surface area contributed by atoms with E-state index in [1.54, 1.807) is 0 Å². The smallest absolute Gasteiger partial charge is 0.222 e. The zero-order chi connectivity index (χ0) is 14.5. The number of rotatable bonds is 4. The Morgan fingerprint density at radius 1 is 1.10 bits per heavy atom. The maximum Gasteiger partial charge on any atom is 0.222 e. The third-order valence-electron chi connectivity index (χ3n) is 4.48. The maximum absolute atomic E-state index is 12.1. The molecule has 3 nitrogen and oxygen atoms in total. The van der Waals surface area contributed by atoms with Crippen molar-refractivity contribution in [2.24, 2.45) is 0 Å². The molecule has 0 spiro atoms. The van der Waals surface area contributed by atoms with Crippen LogP contribution in [0.1, 0.15) is 44.9 Å². The first-order chi connectivity index (χ1) is 10.3. The van der Waals surface area contributed by atoms with E-state index < -0.39 is 0 Å². The first-order valence-electron chi connectivity index (χ1n) is 8.16. The van der Waals surface area contributed by atoms with Crippen LogP contribution >= 0.6 is 0 Å². The minimum absolute atomic E-state index is 0.194. The van der Waals surface area contributed by atoms with Gasteiger partial charge >= 0.3 is 0 Å². The van der Waals surface area contributed by atoms with Gasteiger partial charge in [-0.15, -0.1) is 0 Å². The number of carbonyl (C=O) groups excluding carboxylic acids is 1. The first kappa shape index (κ1) is 14.2. The molecule has 3 rings (SSSR count). The highest BCUT2D eigenvalue weighted by Gasteiger charge is 2.14. The lowest BCUT2D eigenvalue weighted by molar-refractivity contribution is -0.122. The normalized spacial score (nSPS) is 16.8. The van der Waals surface area contributed by atoms with Gasteiger partial charge in [-0.2, -0.15) is 0 Å². The Balaban J connectivity index is 1.53. The number of aromatic nitrogens is 1. The van der Waals surface area contributed by atoms with Gasteiger partial charge in [0.2, 0.25) is 5.91 Å². The van der Waals surface area contributed by atoms with Crippen molar-refractivity contribution in [3.63, 3.8) is 0 Å². The van der Waals surface area contributed by atoms with Crippen LogP contribution in [0.15, 0.2) is 36.5 Å². The van der Waals surface area contributed by atoms with Crippen molar-refractivity contribution in [1.82, 2.24) is 9.88 Å². The highest BCUT2D eigenvalue weighted by Crippen LogP contribution is 2.18. The van der Waals surface area contributed by atoms with Crippen LogP contribution in [0, 0.1) is 0 Å². The van der Waals surface area contributed by atoms with Gasteiger partial charge in [-0.25, -0.2) is 0 Å². The quantitative estimate of drug-likeness (QED) is 0.850. The summed E-state index contributed by atoms with van der Waals surface area (Å²) in [5.74, 6) is 0.194.